The highest BCUT2D eigenvalue weighted by Crippen LogP contribution is 2.27. The number of hydrogen-bond acceptors (Lipinski definition) is 4. The van der Waals surface area contributed by atoms with Crippen molar-refractivity contribution in [2.75, 3.05) is 4.72 Å². The van der Waals surface area contributed by atoms with Crippen LogP contribution in [0.15, 0.2) is 41.4 Å². The molecule has 0 amide bonds. The van der Waals surface area contributed by atoms with Gasteiger partial charge in [-0.15, -0.1) is 0 Å². The molecule has 0 saturated carbocycles. The molecule has 2 aromatic rings. The number of anilines is 1. The minimum absolute atomic E-state index is 0.0588. The summed E-state index contributed by atoms with van der Waals surface area (Å²) in [6.07, 6.45) is 1.35. The maximum atomic E-state index is 12.2. The van der Waals surface area contributed by atoms with Crippen molar-refractivity contribution in [3.63, 3.8) is 0 Å². The lowest BCUT2D eigenvalue weighted by atomic mass is 10.2. The Balaban J connectivity index is 2.44. The van der Waals surface area contributed by atoms with E-state index in [2.05, 4.69) is 9.71 Å². The molecule has 1 heterocycles. The molecular formula is C12H8Cl2N2O4S. The van der Waals surface area contributed by atoms with E-state index < -0.39 is 16.0 Å². The van der Waals surface area contributed by atoms with Crippen LogP contribution in [0, 0.1) is 0 Å². The Kier molecular flexibility index (Phi) is 4.36. The number of rotatable bonds is 4. The number of benzene rings is 1. The fourth-order valence-electron chi connectivity index (χ4n) is 1.51. The molecule has 6 nitrogen and oxygen atoms in total. The van der Waals surface area contributed by atoms with Gasteiger partial charge in [0.25, 0.3) is 10.0 Å². The van der Waals surface area contributed by atoms with Gasteiger partial charge in [0.2, 0.25) is 0 Å². The molecule has 0 aliphatic heterocycles. The highest BCUT2D eigenvalue weighted by molar-refractivity contribution is 7.92. The maximum absolute atomic E-state index is 12.2. The quantitative estimate of drug-likeness (QED) is 0.829. The van der Waals surface area contributed by atoms with Crippen molar-refractivity contribution in [2.45, 2.75) is 4.90 Å². The molecule has 9 heteroatoms. The van der Waals surface area contributed by atoms with E-state index in [1.165, 1.54) is 30.5 Å². The number of nitrogens with zero attached hydrogens (tertiary/aromatic N) is 1. The first-order valence-corrected chi connectivity index (χ1v) is 7.71. The Hall–Kier alpha value is -1.83. The molecule has 0 spiro atoms. The predicted octanol–water partition coefficient (Wildman–Crippen LogP) is 2.89. The van der Waals surface area contributed by atoms with Gasteiger partial charge in [0, 0.05) is 6.20 Å². The number of halogens is 2. The SMILES string of the molecule is O=C(O)c1ccc(Cl)c(NS(=O)(=O)c2cccnc2Cl)c1. The van der Waals surface area contributed by atoms with Crippen LogP contribution in [0.3, 0.4) is 0 Å². The first-order valence-electron chi connectivity index (χ1n) is 5.47. The summed E-state index contributed by atoms with van der Waals surface area (Å²) in [5.41, 5.74) is -0.161. The molecule has 0 unspecified atom stereocenters. The van der Waals surface area contributed by atoms with Gasteiger partial charge in [-0.1, -0.05) is 23.2 Å². The highest BCUT2D eigenvalue weighted by atomic mass is 35.5. The summed E-state index contributed by atoms with van der Waals surface area (Å²) < 4.78 is 26.6. The lowest BCUT2D eigenvalue weighted by Gasteiger charge is -2.11. The Bertz CT molecular complexity index is 809. The van der Waals surface area contributed by atoms with Gasteiger partial charge >= 0.3 is 5.97 Å². The van der Waals surface area contributed by atoms with Gasteiger partial charge in [0.1, 0.15) is 10.0 Å². The van der Waals surface area contributed by atoms with E-state index >= 15 is 0 Å². The van der Waals surface area contributed by atoms with Crippen LogP contribution in [0.1, 0.15) is 10.4 Å². The van der Waals surface area contributed by atoms with E-state index in [-0.39, 0.29) is 26.3 Å². The monoisotopic (exact) mass is 346 g/mol. The van der Waals surface area contributed by atoms with Gasteiger partial charge in [0.05, 0.1) is 16.3 Å². The molecule has 0 aliphatic rings. The van der Waals surface area contributed by atoms with E-state index in [1.807, 2.05) is 0 Å². The molecule has 110 valence electrons. The lowest BCUT2D eigenvalue weighted by Crippen LogP contribution is -2.14. The van der Waals surface area contributed by atoms with Gasteiger partial charge in [-0.2, -0.15) is 0 Å². The van der Waals surface area contributed by atoms with Gasteiger partial charge in [0.15, 0.2) is 0 Å². The third-order valence-electron chi connectivity index (χ3n) is 2.47. The normalized spacial score (nSPS) is 11.1. The molecule has 1 aromatic heterocycles. The molecule has 0 bridgehead atoms. The van der Waals surface area contributed by atoms with Crippen LogP contribution in [0.2, 0.25) is 10.2 Å². The summed E-state index contributed by atoms with van der Waals surface area (Å²) in [6, 6.07) is 6.35. The maximum Gasteiger partial charge on any atom is 0.335 e. The zero-order chi connectivity index (χ0) is 15.6. The Morgan fingerprint density at radius 3 is 2.57 bits per heavy atom. The molecule has 0 atom stereocenters. The van der Waals surface area contributed by atoms with Crippen LogP contribution in [-0.2, 0) is 10.0 Å². The second-order valence-electron chi connectivity index (χ2n) is 3.90. The van der Waals surface area contributed by atoms with Crippen molar-refractivity contribution in [2.24, 2.45) is 0 Å². The third kappa shape index (κ3) is 3.44. The molecule has 0 fully saturated rings. The van der Waals surface area contributed by atoms with Crippen molar-refractivity contribution >= 4 is 44.9 Å². The summed E-state index contributed by atoms with van der Waals surface area (Å²) in [4.78, 5) is 14.3. The zero-order valence-electron chi connectivity index (χ0n) is 10.2. The largest absolute Gasteiger partial charge is 0.478 e. The first-order chi connectivity index (χ1) is 9.81. The summed E-state index contributed by atoms with van der Waals surface area (Å²) >= 11 is 11.6. The number of sulfonamides is 1. The molecule has 1 aromatic carbocycles. The van der Waals surface area contributed by atoms with Crippen molar-refractivity contribution in [1.29, 1.82) is 0 Å². The Labute approximate surface area is 130 Å². The average molecular weight is 347 g/mol. The summed E-state index contributed by atoms with van der Waals surface area (Å²) in [5, 5.41) is 8.77. The number of aromatic carboxylic acids is 1. The summed E-state index contributed by atoms with van der Waals surface area (Å²) in [6.45, 7) is 0. The van der Waals surface area contributed by atoms with Crippen molar-refractivity contribution < 1.29 is 18.3 Å². The van der Waals surface area contributed by atoms with Crippen molar-refractivity contribution in [3.05, 3.63) is 52.3 Å². The van der Waals surface area contributed by atoms with Crippen LogP contribution in [0.4, 0.5) is 5.69 Å². The predicted molar refractivity (Wildman–Crippen MR) is 78.5 cm³/mol. The number of aromatic nitrogens is 1. The molecule has 2 rings (SSSR count). The summed E-state index contributed by atoms with van der Waals surface area (Å²) in [7, 11) is -4.03. The van der Waals surface area contributed by atoms with Crippen molar-refractivity contribution in [3.8, 4) is 0 Å². The van der Waals surface area contributed by atoms with Crippen LogP contribution in [0.25, 0.3) is 0 Å². The highest BCUT2D eigenvalue weighted by Gasteiger charge is 2.20. The smallest absolute Gasteiger partial charge is 0.335 e. The fraction of sp³-hybridized carbons (Fsp3) is 0. The van der Waals surface area contributed by atoms with E-state index in [1.54, 1.807) is 0 Å². The molecule has 0 radical (unpaired) electrons. The number of nitrogens with one attached hydrogen (secondary N) is 1. The van der Waals surface area contributed by atoms with Gasteiger partial charge in [-0.25, -0.2) is 18.2 Å². The number of carbonyl (C=O) groups is 1. The Morgan fingerprint density at radius 1 is 1.24 bits per heavy atom. The zero-order valence-corrected chi connectivity index (χ0v) is 12.6. The molecule has 0 saturated heterocycles. The van der Waals surface area contributed by atoms with E-state index in [0.717, 1.165) is 6.07 Å². The first kappa shape index (κ1) is 15.6. The van der Waals surface area contributed by atoms with Crippen LogP contribution < -0.4 is 4.72 Å². The molecule has 2 N–H and O–H groups in total. The minimum Gasteiger partial charge on any atom is -0.478 e. The second-order valence-corrected chi connectivity index (χ2v) is 6.31. The number of carboxylic acid groups (broad SMARTS) is 1. The van der Waals surface area contributed by atoms with Crippen LogP contribution in [0.5, 0.6) is 0 Å². The van der Waals surface area contributed by atoms with Crippen molar-refractivity contribution in [1.82, 2.24) is 4.98 Å². The number of carboxylic acids is 1. The van der Waals surface area contributed by atoms with E-state index in [0.29, 0.717) is 0 Å². The second kappa shape index (κ2) is 5.88. The number of hydrogen-bond donors (Lipinski definition) is 2. The fourth-order valence-corrected chi connectivity index (χ4v) is 3.25. The average Bonchev–Trinajstić information content (AvgIpc) is 2.41. The standard InChI is InChI=1S/C12H8Cl2N2O4S/c13-8-4-3-7(12(17)18)6-9(8)16-21(19,20)10-2-1-5-15-11(10)14/h1-6,16H,(H,17,18). The minimum atomic E-state index is -4.03. The van der Waals surface area contributed by atoms with Gasteiger partial charge < -0.3 is 5.11 Å². The van der Waals surface area contributed by atoms with Crippen LogP contribution >= 0.6 is 23.2 Å². The number of pyridine rings is 1. The molecule has 21 heavy (non-hydrogen) atoms. The molecular weight excluding hydrogens is 339 g/mol. The van der Waals surface area contributed by atoms with Gasteiger partial charge in [-0.3, -0.25) is 4.72 Å². The van der Waals surface area contributed by atoms with E-state index in [4.69, 9.17) is 28.3 Å². The Morgan fingerprint density at radius 2 is 1.95 bits per heavy atom. The van der Waals surface area contributed by atoms with E-state index in [9.17, 15) is 13.2 Å². The topological polar surface area (TPSA) is 96.4 Å². The molecule has 0 aliphatic carbocycles. The lowest BCUT2D eigenvalue weighted by molar-refractivity contribution is 0.0697. The summed E-state index contributed by atoms with van der Waals surface area (Å²) in [5.74, 6) is -1.20. The van der Waals surface area contributed by atoms with Gasteiger partial charge in [-0.05, 0) is 30.3 Å². The third-order valence-corrected chi connectivity index (χ3v) is 4.61. The van der Waals surface area contributed by atoms with Crippen LogP contribution in [-0.4, -0.2) is 24.5 Å².